The fourth-order valence-electron chi connectivity index (χ4n) is 2.98. The van der Waals surface area contributed by atoms with E-state index in [1.54, 1.807) is 6.33 Å². The normalized spacial score (nSPS) is 25.3. The quantitative estimate of drug-likeness (QED) is 0.765. The van der Waals surface area contributed by atoms with Crippen LogP contribution in [0, 0.1) is 0 Å². The van der Waals surface area contributed by atoms with Crippen LogP contribution in [-0.2, 0) is 5.54 Å². The number of hydrogen-bond donors (Lipinski definition) is 3. The summed E-state index contributed by atoms with van der Waals surface area (Å²) >= 11 is 0. The summed E-state index contributed by atoms with van der Waals surface area (Å²) in [6.07, 6.45) is 9.16. The standard InChI is InChI=1S/C14H18N6O/c15-10-2-1-5-14(10,6-21)20-8-18-11-12(19-9-3-4-9)16-7-17-13(11)20/h2,7-9,21H,1,3-6,15H2,(H,16,17,19). The average Bonchev–Trinajstić information content (AvgIpc) is 3.07. The lowest BCUT2D eigenvalue weighted by molar-refractivity contribution is 0.164. The highest BCUT2D eigenvalue weighted by atomic mass is 16.3. The number of imidazole rings is 1. The van der Waals surface area contributed by atoms with Gasteiger partial charge in [-0.1, -0.05) is 6.08 Å². The molecule has 21 heavy (non-hydrogen) atoms. The average molecular weight is 286 g/mol. The molecule has 0 spiro atoms. The van der Waals surface area contributed by atoms with E-state index >= 15 is 0 Å². The van der Waals surface area contributed by atoms with Gasteiger partial charge < -0.3 is 20.7 Å². The van der Waals surface area contributed by atoms with E-state index in [2.05, 4.69) is 20.3 Å². The van der Waals surface area contributed by atoms with Gasteiger partial charge in [-0.05, 0) is 25.7 Å². The van der Waals surface area contributed by atoms with E-state index in [0.717, 1.165) is 24.2 Å². The van der Waals surface area contributed by atoms with Crippen molar-refractivity contribution in [1.82, 2.24) is 19.5 Å². The molecule has 1 saturated carbocycles. The van der Waals surface area contributed by atoms with Crippen LogP contribution in [0.1, 0.15) is 25.7 Å². The smallest absolute Gasteiger partial charge is 0.166 e. The molecule has 110 valence electrons. The lowest BCUT2D eigenvalue weighted by atomic mass is 9.97. The number of fused-ring (bicyclic) bond motifs is 1. The number of nitrogens with two attached hydrogens (primary N) is 1. The highest BCUT2D eigenvalue weighted by Crippen LogP contribution is 2.37. The Balaban J connectivity index is 1.84. The van der Waals surface area contributed by atoms with Gasteiger partial charge in [0.05, 0.1) is 12.9 Å². The minimum atomic E-state index is -0.625. The minimum Gasteiger partial charge on any atom is -0.400 e. The van der Waals surface area contributed by atoms with E-state index in [1.165, 1.54) is 19.2 Å². The molecule has 1 unspecified atom stereocenters. The zero-order chi connectivity index (χ0) is 14.4. The topological polar surface area (TPSA) is 102 Å². The maximum absolute atomic E-state index is 9.91. The highest BCUT2D eigenvalue weighted by Gasteiger charge is 2.39. The molecule has 4 N–H and O–H groups in total. The molecule has 0 bridgehead atoms. The molecule has 2 aliphatic carbocycles. The Morgan fingerprint density at radius 2 is 2.24 bits per heavy atom. The van der Waals surface area contributed by atoms with Crippen LogP contribution in [0.3, 0.4) is 0 Å². The van der Waals surface area contributed by atoms with Crippen molar-refractivity contribution in [3.63, 3.8) is 0 Å². The summed E-state index contributed by atoms with van der Waals surface area (Å²) in [6, 6.07) is 0.497. The van der Waals surface area contributed by atoms with Crippen molar-refractivity contribution in [2.24, 2.45) is 5.73 Å². The molecule has 2 aliphatic rings. The van der Waals surface area contributed by atoms with Crippen LogP contribution in [-0.4, -0.2) is 37.3 Å². The molecule has 2 heterocycles. The van der Waals surface area contributed by atoms with Crippen LogP contribution >= 0.6 is 0 Å². The number of aliphatic hydroxyl groups excluding tert-OH is 1. The second-order valence-corrected chi connectivity index (χ2v) is 5.82. The first-order valence-corrected chi connectivity index (χ1v) is 7.26. The van der Waals surface area contributed by atoms with Gasteiger partial charge in [-0.2, -0.15) is 0 Å². The van der Waals surface area contributed by atoms with Gasteiger partial charge in [-0.3, -0.25) is 0 Å². The van der Waals surface area contributed by atoms with Crippen LogP contribution in [0.5, 0.6) is 0 Å². The first-order valence-electron chi connectivity index (χ1n) is 7.26. The van der Waals surface area contributed by atoms with E-state index in [-0.39, 0.29) is 6.61 Å². The molecule has 2 aromatic rings. The van der Waals surface area contributed by atoms with E-state index in [9.17, 15) is 5.11 Å². The lowest BCUT2D eigenvalue weighted by Gasteiger charge is -2.30. The van der Waals surface area contributed by atoms with Crippen molar-refractivity contribution in [2.75, 3.05) is 11.9 Å². The molecule has 2 aromatic heterocycles. The Morgan fingerprint density at radius 1 is 1.38 bits per heavy atom. The van der Waals surface area contributed by atoms with Gasteiger partial charge >= 0.3 is 0 Å². The van der Waals surface area contributed by atoms with Crippen molar-refractivity contribution < 1.29 is 5.11 Å². The molecule has 0 radical (unpaired) electrons. The maximum Gasteiger partial charge on any atom is 0.166 e. The van der Waals surface area contributed by atoms with Crippen LogP contribution in [0.2, 0.25) is 0 Å². The van der Waals surface area contributed by atoms with Gasteiger partial charge in [0.1, 0.15) is 17.4 Å². The predicted molar refractivity (Wildman–Crippen MR) is 78.5 cm³/mol. The number of aromatic nitrogens is 4. The number of hydrogen-bond acceptors (Lipinski definition) is 6. The van der Waals surface area contributed by atoms with Crippen molar-refractivity contribution in [1.29, 1.82) is 0 Å². The van der Waals surface area contributed by atoms with Crippen LogP contribution in [0.4, 0.5) is 5.82 Å². The molecule has 0 aromatic carbocycles. The van der Waals surface area contributed by atoms with Crippen molar-refractivity contribution in [3.8, 4) is 0 Å². The van der Waals surface area contributed by atoms with Gasteiger partial charge in [0.15, 0.2) is 11.5 Å². The molecular formula is C14H18N6O. The molecule has 0 amide bonds. The van der Waals surface area contributed by atoms with Crippen molar-refractivity contribution >= 4 is 17.0 Å². The van der Waals surface area contributed by atoms with E-state index in [1.807, 2.05) is 10.6 Å². The summed E-state index contributed by atoms with van der Waals surface area (Å²) < 4.78 is 1.89. The van der Waals surface area contributed by atoms with Gasteiger partial charge in [-0.15, -0.1) is 0 Å². The molecule has 4 rings (SSSR count). The Hall–Kier alpha value is -2.15. The Bertz CT molecular complexity index is 719. The fourth-order valence-corrected chi connectivity index (χ4v) is 2.98. The monoisotopic (exact) mass is 286 g/mol. The van der Waals surface area contributed by atoms with E-state index in [4.69, 9.17) is 5.73 Å². The van der Waals surface area contributed by atoms with Crippen molar-refractivity contribution in [3.05, 3.63) is 24.4 Å². The first kappa shape index (κ1) is 12.6. The Labute approximate surface area is 121 Å². The minimum absolute atomic E-state index is 0.0593. The highest BCUT2D eigenvalue weighted by molar-refractivity contribution is 5.83. The van der Waals surface area contributed by atoms with Crippen LogP contribution < -0.4 is 11.1 Å². The summed E-state index contributed by atoms with van der Waals surface area (Å²) in [6.45, 7) is -0.0593. The van der Waals surface area contributed by atoms with Gasteiger partial charge in [0.25, 0.3) is 0 Å². The van der Waals surface area contributed by atoms with Gasteiger partial charge in [0.2, 0.25) is 0 Å². The Kier molecular flexibility index (Phi) is 2.65. The fraction of sp³-hybridized carbons (Fsp3) is 0.500. The van der Waals surface area contributed by atoms with Crippen molar-refractivity contribution in [2.45, 2.75) is 37.3 Å². The van der Waals surface area contributed by atoms with Gasteiger partial charge in [0, 0.05) is 11.7 Å². The number of nitrogens with zero attached hydrogens (tertiary/aromatic N) is 4. The molecule has 7 nitrogen and oxygen atoms in total. The second-order valence-electron chi connectivity index (χ2n) is 5.82. The predicted octanol–water partition coefficient (Wildman–Crippen LogP) is 0.725. The molecule has 0 aliphatic heterocycles. The zero-order valence-corrected chi connectivity index (χ0v) is 11.7. The second kappa shape index (κ2) is 4.42. The molecular weight excluding hydrogens is 268 g/mol. The number of allylic oxidation sites excluding steroid dienone is 1. The number of aliphatic hydroxyl groups is 1. The summed E-state index contributed by atoms with van der Waals surface area (Å²) in [7, 11) is 0. The lowest BCUT2D eigenvalue weighted by Crippen LogP contribution is -2.40. The molecule has 1 atom stereocenters. The number of nitrogens with one attached hydrogen (secondary N) is 1. The van der Waals surface area contributed by atoms with E-state index in [0.29, 0.717) is 17.4 Å². The third-order valence-corrected chi connectivity index (χ3v) is 4.43. The summed E-state index contributed by atoms with van der Waals surface area (Å²) in [5.41, 5.74) is 7.63. The largest absolute Gasteiger partial charge is 0.400 e. The molecule has 1 fully saturated rings. The summed E-state index contributed by atoms with van der Waals surface area (Å²) in [5.74, 6) is 0.759. The number of rotatable bonds is 4. The summed E-state index contributed by atoms with van der Waals surface area (Å²) in [5, 5.41) is 13.3. The van der Waals surface area contributed by atoms with E-state index < -0.39 is 5.54 Å². The zero-order valence-electron chi connectivity index (χ0n) is 11.7. The third-order valence-electron chi connectivity index (χ3n) is 4.43. The molecule has 0 saturated heterocycles. The summed E-state index contributed by atoms with van der Waals surface area (Å²) in [4.78, 5) is 13.1. The maximum atomic E-state index is 9.91. The van der Waals surface area contributed by atoms with Gasteiger partial charge in [-0.25, -0.2) is 15.0 Å². The first-order chi connectivity index (χ1) is 10.2. The Morgan fingerprint density at radius 3 is 2.90 bits per heavy atom. The number of anilines is 1. The third kappa shape index (κ3) is 1.80. The SMILES string of the molecule is NC1=CCCC1(CO)n1cnc2c(NC3CC3)ncnc21. The van der Waals surface area contributed by atoms with Crippen LogP contribution in [0.15, 0.2) is 24.4 Å². The van der Waals surface area contributed by atoms with Crippen LogP contribution in [0.25, 0.3) is 11.2 Å². The molecule has 7 heteroatoms.